The summed E-state index contributed by atoms with van der Waals surface area (Å²) in [4.78, 5) is 43.1. The molecule has 37 heavy (non-hydrogen) atoms. The number of nitrogens with zero attached hydrogens (tertiary/aromatic N) is 2. The predicted octanol–water partition coefficient (Wildman–Crippen LogP) is 4.01. The minimum atomic E-state index is -0.988. The first-order chi connectivity index (χ1) is 17.9. The Kier molecular flexibility index (Phi) is 6.92. The lowest BCUT2D eigenvalue weighted by Crippen LogP contribution is -2.45. The Bertz CT molecular complexity index is 1380. The van der Waals surface area contributed by atoms with E-state index >= 15 is 0 Å². The molecule has 1 fully saturated rings. The number of methoxy groups -OCH3 is 2. The second kappa shape index (κ2) is 10.3. The van der Waals surface area contributed by atoms with Crippen LogP contribution in [0.25, 0.3) is 0 Å². The van der Waals surface area contributed by atoms with Crippen LogP contribution < -0.4 is 23.8 Å². The van der Waals surface area contributed by atoms with Crippen molar-refractivity contribution in [2.75, 3.05) is 25.9 Å². The summed E-state index contributed by atoms with van der Waals surface area (Å²) in [6.07, 6.45) is -0.131. The lowest BCUT2D eigenvalue weighted by atomic mass is 10.1. The smallest absolute Gasteiger partial charge is 0.257 e. The van der Waals surface area contributed by atoms with E-state index < -0.39 is 17.9 Å². The fraction of sp³-hybridized carbons (Fsp3) is 0.222. The summed E-state index contributed by atoms with van der Waals surface area (Å²) in [6, 6.07) is 16.2. The highest BCUT2D eigenvalue weighted by Gasteiger charge is 2.44. The number of hydrogen-bond donors (Lipinski definition) is 0. The number of imide groups is 1. The van der Waals surface area contributed by atoms with Crippen LogP contribution in [0.3, 0.4) is 0 Å². The zero-order valence-electron chi connectivity index (χ0n) is 20.1. The van der Waals surface area contributed by atoms with Crippen molar-refractivity contribution in [3.8, 4) is 23.0 Å². The van der Waals surface area contributed by atoms with Gasteiger partial charge in [0.15, 0.2) is 23.0 Å². The van der Waals surface area contributed by atoms with Gasteiger partial charge in [-0.05, 0) is 82.8 Å². The second-order valence-electron chi connectivity index (χ2n) is 8.45. The van der Waals surface area contributed by atoms with Crippen LogP contribution in [0.2, 0.25) is 0 Å². The average molecular weight is 614 g/mol. The van der Waals surface area contributed by atoms with Crippen LogP contribution in [0, 0.1) is 3.57 Å². The van der Waals surface area contributed by atoms with Crippen molar-refractivity contribution in [3.05, 3.63) is 75.4 Å². The van der Waals surface area contributed by atoms with E-state index in [9.17, 15) is 14.4 Å². The van der Waals surface area contributed by atoms with E-state index in [-0.39, 0.29) is 25.7 Å². The van der Waals surface area contributed by atoms with Crippen molar-refractivity contribution in [1.29, 1.82) is 0 Å². The maximum absolute atomic E-state index is 13.9. The van der Waals surface area contributed by atoms with Gasteiger partial charge in [0.2, 0.25) is 12.7 Å². The van der Waals surface area contributed by atoms with Crippen molar-refractivity contribution < 1.29 is 33.3 Å². The van der Waals surface area contributed by atoms with E-state index in [1.807, 2.05) is 12.1 Å². The number of anilines is 1. The number of benzene rings is 3. The molecule has 3 aromatic rings. The minimum Gasteiger partial charge on any atom is -0.493 e. The third-order valence-electron chi connectivity index (χ3n) is 6.27. The molecule has 3 amide bonds. The quantitative estimate of drug-likeness (QED) is 0.293. The highest BCUT2D eigenvalue weighted by Crippen LogP contribution is 2.35. The number of halogens is 1. The van der Waals surface area contributed by atoms with E-state index in [1.165, 1.54) is 19.1 Å². The molecular formula is C27H23IN2O7. The zero-order chi connectivity index (χ0) is 26.1. The maximum Gasteiger partial charge on any atom is 0.257 e. The Morgan fingerprint density at radius 1 is 0.973 bits per heavy atom. The summed E-state index contributed by atoms with van der Waals surface area (Å²) >= 11 is 2.16. The van der Waals surface area contributed by atoms with Gasteiger partial charge in [-0.25, -0.2) is 4.90 Å². The largest absolute Gasteiger partial charge is 0.493 e. The molecule has 2 aliphatic rings. The summed E-state index contributed by atoms with van der Waals surface area (Å²) in [5.41, 5.74) is 1.50. The molecule has 1 saturated heterocycles. The van der Waals surface area contributed by atoms with Gasteiger partial charge < -0.3 is 23.8 Å². The van der Waals surface area contributed by atoms with E-state index in [2.05, 4.69) is 22.6 Å². The van der Waals surface area contributed by atoms with Crippen LogP contribution in [-0.2, 0) is 16.1 Å². The molecule has 3 aromatic carbocycles. The van der Waals surface area contributed by atoms with Gasteiger partial charge in [0.25, 0.3) is 11.8 Å². The molecule has 190 valence electrons. The van der Waals surface area contributed by atoms with E-state index in [4.69, 9.17) is 18.9 Å². The van der Waals surface area contributed by atoms with Gasteiger partial charge >= 0.3 is 0 Å². The molecule has 0 aromatic heterocycles. The molecular weight excluding hydrogens is 591 g/mol. The second-order valence-corrected chi connectivity index (χ2v) is 9.70. The molecule has 0 radical (unpaired) electrons. The summed E-state index contributed by atoms with van der Waals surface area (Å²) in [7, 11) is 2.99. The molecule has 0 saturated carbocycles. The van der Waals surface area contributed by atoms with Crippen molar-refractivity contribution >= 4 is 46.0 Å². The average Bonchev–Trinajstić information content (AvgIpc) is 3.50. The normalized spacial score (nSPS) is 16.2. The van der Waals surface area contributed by atoms with Crippen LogP contribution in [0.1, 0.15) is 22.3 Å². The Labute approximate surface area is 227 Å². The standard InChI is InChI=1S/C27H23IN2O7/c1-34-21-10-4-17(12-23(21)35-2)26(32)29(14-16-3-9-22-24(11-16)37-15-36-22)20-13-25(31)30(27(20)33)19-7-5-18(28)6-8-19/h3-12,20H,13-15H2,1-2H3. The number of ether oxygens (including phenoxy) is 4. The molecule has 10 heteroatoms. The SMILES string of the molecule is COc1ccc(C(=O)N(Cc2ccc3c(c2)OCO3)C2CC(=O)N(c3ccc(I)cc3)C2=O)cc1OC. The van der Waals surface area contributed by atoms with Gasteiger partial charge in [-0.15, -0.1) is 0 Å². The molecule has 1 atom stereocenters. The predicted molar refractivity (Wildman–Crippen MR) is 142 cm³/mol. The first kappa shape index (κ1) is 24.9. The van der Waals surface area contributed by atoms with Gasteiger partial charge in [0.05, 0.1) is 26.3 Å². The number of hydrogen-bond acceptors (Lipinski definition) is 7. The third-order valence-corrected chi connectivity index (χ3v) is 6.98. The molecule has 2 aliphatic heterocycles. The first-order valence-corrected chi connectivity index (χ1v) is 12.5. The summed E-state index contributed by atoms with van der Waals surface area (Å²) < 4.78 is 22.5. The van der Waals surface area contributed by atoms with Crippen LogP contribution in [0.5, 0.6) is 23.0 Å². The number of rotatable bonds is 7. The van der Waals surface area contributed by atoms with Crippen molar-refractivity contribution in [1.82, 2.24) is 4.90 Å². The fourth-order valence-corrected chi connectivity index (χ4v) is 4.78. The number of carbonyl (C=O) groups excluding carboxylic acids is 3. The van der Waals surface area contributed by atoms with Gasteiger partial charge in [-0.2, -0.15) is 0 Å². The Balaban J connectivity index is 1.51. The van der Waals surface area contributed by atoms with Gasteiger partial charge in [-0.3, -0.25) is 14.4 Å². The molecule has 0 aliphatic carbocycles. The van der Waals surface area contributed by atoms with Crippen LogP contribution >= 0.6 is 22.6 Å². The zero-order valence-corrected chi connectivity index (χ0v) is 22.3. The topological polar surface area (TPSA) is 94.6 Å². The highest BCUT2D eigenvalue weighted by atomic mass is 127. The van der Waals surface area contributed by atoms with Gasteiger partial charge in [0.1, 0.15) is 6.04 Å². The number of amides is 3. The maximum atomic E-state index is 13.9. The van der Waals surface area contributed by atoms with Crippen LogP contribution in [0.15, 0.2) is 60.7 Å². The Hall–Kier alpha value is -3.80. The molecule has 9 nitrogen and oxygen atoms in total. The summed E-state index contributed by atoms with van der Waals surface area (Å²) in [5, 5.41) is 0. The van der Waals surface area contributed by atoms with Crippen molar-refractivity contribution in [3.63, 3.8) is 0 Å². The third kappa shape index (κ3) is 4.80. The number of carbonyl (C=O) groups is 3. The lowest BCUT2D eigenvalue weighted by molar-refractivity contribution is -0.122. The first-order valence-electron chi connectivity index (χ1n) is 11.4. The van der Waals surface area contributed by atoms with E-state index in [0.29, 0.717) is 34.2 Å². The minimum absolute atomic E-state index is 0.0774. The fourth-order valence-electron chi connectivity index (χ4n) is 4.42. The molecule has 0 bridgehead atoms. The summed E-state index contributed by atoms with van der Waals surface area (Å²) in [5.74, 6) is 0.773. The number of fused-ring (bicyclic) bond motifs is 1. The van der Waals surface area contributed by atoms with E-state index in [0.717, 1.165) is 14.0 Å². The highest BCUT2D eigenvalue weighted by molar-refractivity contribution is 14.1. The summed E-state index contributed by atoms with van der Waals surface area (Å²) in [6.45, 7) is 0.196. The lowest BCUT2D eigenvalue weighted by Gasteiger charge is -2.28. The van der Waals surface area contributed by atoms with E-state index in [1.54, 1.807) is 48.5 Å². The van der Waals surface area contributed by atoms with Crippen molar-refractivity contribution in [2.24, 2.45) is 0 Å². The van der Waals surface area contributed by atoms with Gasteiger partial charge in [0, 0.05) is 15.7 Å². The van der Waals surface area contributed by atoms with Gasteiger partial charge in [-0.1, -0.05) is 6.07 Å². The monoisotopic (exact) mass is 614 g/mol. The molecule has 1 unspecified atom stereocenters. The van der Waals surface area contributed by atoms with Crippen molar-refractivity contribution in [2.45, 2.75) is 19.0 Å². The molecule has 0 spiro atoms. The molecule has 5 rings (SSSR count). The Morgan fingerprint density at radius 3 is 2.43 bits per heavy atom. The van der Waals surface area contributed by atoms with Crippen LogP contribution in [-0.4, -0.2) is 49.7 Å². The molecule has 0 N–H and O–H groups in total. The molecule has 2 heterocycles. The Morgan fingerprint density at radius 2 is 1.70 bits per heavy atom. The van der Waals surface area contributed by atoms with Crippen LogP contribution in [0.4, 0.5) is 5.69 Å².